The summed E-state index contributed by atoms with van der Waals surface area (Å²) in [6.45, 7) is 5.37. The van der Waals surface area contributed by atoms with E-state index < -0.39 is 0 Å². The van der Waals surface area contributed by atoms with Gasteiger partial charge in [-0.2, -0.15) is 0 Å². The molecule has 0 radical (unpaired) electrons. The lowest BCUT2D eigenvalue weighted by atomic mass is 9.86. The van der Waals surface area contributed by atoms with Crippen LogP contribution in [0.3, 0.4) is 0 Å². The summed E-state index contributed by atoms with van der Waals surface area (Å²) >= 11 is 1.83. The Balaban J connectivity index is 1.25. The SMILES string of the molecule is O=C(C1CCc2sc(N3CCOCC3)nc2C1)N1C[C@H]2CC=CC[C@H]2C1. The maximum absolute atomic E-state index is 13.1. The summed E-state index contributed by atoms with van der Waals surface area (Å²) in [6.07, 6.45) is 9.72. The molecule has 1 aromatic rings. The van der Waals surface area contributed by atoms with Crippen molar-refractivity contribution in [3.63, 3.8) is 0 Å². The molecule has 1 aromatic heterocycles. The monoisotopic (exact) mass is 373 g/mol. The van der Waals surface area contributed by atoms with Crippen LogP contribution >= 0.6 is 11.3 Å². The van der Waals surface area contributed by atoms with E-state index in [0.717, 1.165) is 76.6 Å². The first-order chi connectivity index (χ1) is 12.8. The summed E-state index contributed by atoms with van der Waals surface area (Å²) in [7, 11) is 0. The van der Waals surface area contributed by atoms with Gasteiger partial charge in [0, 0.05) is 43.4 Å². The molecule has 5 nitrogen and oxygen atoms in total. The van der Waals surface area contributed by atoms with Gasteiger partial charge in [0.15, 0.2) is 5.13 Å². The summed E-state index contributed by atoms with van der Waals surface area (Å²) in [5, 5.41) is 1.13. The molecule has 3 atom stereocenters. The van der Waals surface area contributed by atoms with Crippen molar-refractivity contribution in [2.45, 2.75) is 32.1 Å². The Labute approximate surface area is 159 Å². The minimum absolute atomic E-state index is 0.134. The molecule has 1 unspecified atom stereocenters. The van der Waals surface area contributed by atoms with Gasteiger partial charge in [0.05, 0.1) is 18.9 Å². The van der Waals surface area contributed by atoms with E-state index in [9.17, 15) is 4.79 Å². The molecule has 3 heterocycles. The van der Waals surface area contributed by atoms with Crippen LogP contribution in [0, 0.1) is 17.8 Å². The van der Waals surface area contributed by atoms with Crippen LogP contribution in [0.15, 0.2) is 12.2 Å². The fraction of sp³-hybridized carbons (Fsp3) is 0.700. The molecule has 0 aromatic carbocycles. The van der Waals surface area contributed by atoms with E-state index in [-0.39, 0.29) is 5.92 Å². The molecule has 2 saturated heterocycles. The van der Waals surface area contributed by atoms with E-state index in [1.54, 1.807) is 0 Å². The van der Waals surface area contributed by atoms with Crippen LogP contribution in [0.2, 0.25) is 0 Å². The molecule has 2 aliphatic heterocycles. The highest BCUT2D eigenvalue weighted by Crippen LogP contribution is 2.37. The number of rotatable bonds is 2. The minimum atomic E-state index is 0.134. The number of aryl methyl sites for hydroxylation is 1. The van der Waals surface area contributed by atoms with Crippen molar-refractivity contribution in [1.29, 1.82) is 0 Å². The Morgan fingerprint density at radius 1 is 1.15 bits per heavy atom. The number of likely N-dealkylation sites (tertiary alicyclic amines) is 1. The van der Waals surface area contributed by atoms with Crippen molar-refractivity contribution in [3.05, 3.63) is 22.7 Å². The quantitative estimate of drug-likeness (QED) is 0.748. The van der Waals surface area contributed by atoms with Crippen LogP contribution in [0.1, 0.15) is 29.8 Å². The number of thiazole rings is 1. The average Bonchev–Trinajstić information content (AvgIpc) is 3.31. The van der Waals surface area contributed by atoms with E-state index in [0.29, 0.717) is 17.7 Å². The second-order valence-electron chi connectivity index (χ2n) is 8.11. The van der Waals surface area contributed by atoms with Crippen LogP contribution in [0.5, 0.6) is 0 Å². The minimum Gasteiger partial charge on any atom is -0.378 e. The summed E-state index contributed by atoms with van der Waals surface area (Å²) in [6, 6.07) is 0. The number of hydrogen-bond acceptors (Lipinski definition) is 5. The first kappa shape index (κ1) is 16.8. The van der Waals surface area contributed by atoms with E-state index in [1.165, 1.54) is 10.6 Å². The van der Waals surface area contributed by atoms with Crippen molar-refractivity contribution >= 4 is 22.4 Å². The topological polar surface area (TPSA) is 45.7 Å². The van der Waals surface area contributed by atoms with Gasteiger partial charge in [0.1, 0.15) is 0 Å². The zero-order valence-electron chi connectivity index (χ0n) is 15.2. The number of nitrogens with zero attached hydrogens (tertiary/aromatic N) is 3. The Morgan fingerprint density at radius 2 is 1.88 bits per heavy atom. The first-order valence-electron chi connectivity index (χ1n) is 10.0. The van der Waals surface area contributed by atoms with Crippen molar-refractivity contribution in [2.24, 2.45) is 17.8 Å². The first-order valence-corrected chi connectivity index (χ1v) is 10.8. The summed E-state index contributed by atoms with van der Waals surface area (Å²) < 4.78 is 5.45. The standard InChI is InChI=1S/C20H27N3O2S/c24-19(23-12-15-3-1-2-4-16(15)13-23)14-5-6-18-17(11-14)21-20(26-18)22-7-9-25-10-8-22/h1-2,14-16H,3-13H2/t14?,15-,16+. The third-order valence-electron chi connectivity index (χ3n) is 6.49. The Hall–Kier alpha value is -1.40. The van der Waals surface area contributed by atoms with E-state index in [1.807, 2.05) is 11.3 Å². The molecule has 0 N–H and O–H groups in total. The van der Waals surface area contributed by atoms with Gasteiger partial charge in [-0.25, -0.2) is 4.98 Å². The number of amides is 1. The molecule has 140 valence electrons. The number of allylic oxidation sites excluding steroid dienone is 2. The molecule has 0 spiro atoms. The molecule has 4 aliphatic rings. The van der Waals surface area contributed by atoms with Gasteiger partial charge in [-0.15, -0.1) is 11.3 Å². The van der Waals surface area contributed by atoms with Gasteiger partial charge in [0.25, 0.3) is 0 Å². The number of morpholine rings is 1. The Bertz CT molecular complexity index is 694. The number of anilines is 1. The second-order valence-corrected chi connectivity index (χ2v) is 9.17. The highest BCUT2D eigenvalue weighted by Gasteiger charge is 2.38. The smallest absolute Gasteiger partial charge is 0.226 e. The molecule has 2 aliphatic carbocycles. The highest BCUT2D eigenvalue weighted by molar-refractivity contribution is 7.15. The van der Waals surface area contributed by atoms with E-state index >= 15 is 0 Å². The third kappa shape index (κ3) is 3.07. The van der Waals surface area contributed by atoms with Crippen LogP contribution in [-0.4, -0.2) is 55.2 Å². The van der Waals surface area contributed by atoms with E-state index in [2.05, 4.69) is 22.0 Å². The zero-order valence-corrected chi connectivity index (χ0v) is 16.0. The lowest BCUT2D eigenvalue weighted by Gasteiger charge is -2.26. The number of fused-ring (bicyclic) bond motifs is 2. The summed E-state index contributed by atoms with van der Waals surface area (Å²) in [5.41, 5.74) is 1.18. The van der Waals surface area contributed by atoms with Gasteiger partial charge in [-0.05, 0) is 37.5 Å². The van der Waals surface area contributed by atoms with E-state index in [4.69, 9.17) is 9.72 Å². The van der Waals surface area contributed by atoms with Gasteiger partial charge in [-0.1, -0.05) is 12.2 Å². The van der Waals surface area contributed by atoms with Crippen molar-refractivity contribution < 1.29 is 9.53 Å². The van der Waals surface area contributed by atoms with Gasteiger partial charge >= 0.3 is 0 Å². The summed E-state index contributed by atoms with van der Waals surface area (Å²) in [5.74, 6) is 1.90. The largest absolute Gasteiger partial charge is 0.378 e. The Kier molecular flexibility index (Phi) is 4.49. The van der Waals surface area contributed by atoms with Crippen molar-refractivity contribution in [1.82, 2.24) is 9.88 Å². The fourth-order valence-electron chi connectivity index (χ4n) is 4.92. The zero-order chi connectivity index (χ0) is 17.5. The molecule has 0 saturated carbocycles. The predicted molar refractivity (Wildman–Crippen MR) is 103 cm³/mol. The molecular formula is C20H27N3O2S. The lowest BCUT2D eigenvalue weighted by Crippen LogP contribution is -2.37. The van der Waals surface area contributed by atoms with Crippen LogP contribution in [-0.2, 0) is 22.4 Å². The fourth-order valence-corrected chi connectivity index (χ4v) is 6.07. The number of aromatic nitrogens is 1. The molecule has 0 bridgehead atoms. The number of carbonyl (C=O) groups excluding carboxylic acids is 1. The van der Waals surface area contributed by atoms with Crippen LogP contribution < -0.4 is 4.90 Å². The highest BCUT2D eigenvalue weighted by atomic mass is 32.1. The predicted octanol–water partition coefficient (Wildman–Crippen LogP) is 2.51. The van der Waals surface area contributed by atoms with Gasteiger partial charge < -0.3 is 14.5 Å². The molecule has 1 amide bonds. The molecule has 5 rings (SSSR count). The molecular weight excluding hydrogens is 346 g/mol. The van der Waals surface area contributed by atoms with Crippen molar-refractivity contribution in [3.8, 4) is 0 Å². The number of hydrogen-bond donors (Lipinski definition) is 0. The molecule has 2 fully saturated rings. The third-order valence-corrected chi connectivity index (χ3v) is 7.71. The van der Waals surface area contributed by atoms with Crippen LogP contribution in [0.25, 0.3) is 0 Å². The molecule has 26 heavy (non-hydrogen) atoms. The average molecular weight is 374 g/mol. The number of ether oxygens (including phenoxy) is 1. The number of carbonyl (C=O) groups is 1. The lowest BCUT2D eigenvalue weighted by molar-refractivity contribution is -0.135. The normalized spacial score (nSPS) is 31.0. The Morgan fingerprint density at radius 3 is 2.62 bits per heavy atom. The maximum Gasteiger partial charge on any atom is 0.226 e. The van der Waals surface area contributed by atoms with Gasteiger partial charge in [0.2, 0.25) is 5.91 Å². The maximum atomic E-state index is 13.1. The van der Waals surface area contributed by atoms with Crippen LogP contribution in [0.4, 0.5) is 5.13 Å². The van der Waals surface area contributed by atoms with Gasteiger partial charge in [-0.3, -0.25) is 4.79 Å². The van der Waals surface area contributed by atoms with Crippen molar-refractivity contribution in [2.75, 3.05) is 44.3 Å². The molecule has 6 heteroatoms. The summed E-state index contributed by atoms with van der Waals surface area (Å²) in [4.78, 5) is 23.9. The second kappa shape index (κ2) is 6.97.